The third-order valence-corrected chi connectivity index (χ3v) is 3.93. The Bertz CT molecular complexity index is 351. The largest absolute Gasteiger partial charge is 0.481 e. The molecule has 2 unspecified atom stereocenters. The van der Waals surface area contributed by atoms with Crippen LogP contribution in [0.5, 0.6) is 0 Å². The summed E-state index contributed by atoms with van der Waals surface area (Å²) < 4.78 is 4.99. The van der Waals surface area contributed by atoms with E-state index in [0.29, 0.717) is 32.5 Å². The fourth-order valence-corrected chi connectivity index (χ4v) is 2.51. The van der Waals surface area contributed by atoms with Crippen molar-refractivity contribution in [2.24, 2.45) is 5.92 Å². The molecular formula is C14H27N3O4. The number of ether oxygens (including phenoxy) is 1. The van der Waals surface area contributed by atoms with Gasteiger partial charge in [0.25, 0.3) is 0 Å². The first kappa shape index (κ1) is 17.7. The lowest BCUT2D eigenvalue weighted by Gasteiger charge is -2.36. The van der Waals surface area contributed by atoms with Crippen LogP contribution in [0.2, 0.25) is 0 Å². The van der Waals surface area contributed by atoms with Crippen molar-refractivity contribution in [2.45, 2.75) is 25.8 Å². The molecule has 0 radical (unpaired) electrons. The SMILES string of the molecule is COCCN(C)CCNC(=O)N1CCC(C(=O)O)CC1C. The number of carbonyl (C=O) groups is 2. The molecule has 21 heavy (non-hydrogen) atoms. The number of rotatable bonds is 7. The third kappa shape index (κ3) is 5.89. The number of nitrogens with one attached hydrogen (secondary N) is 1. The predicted octanol–water partition coefficient (Wildman–Crippen LogP) is 0.459. The molecule has 0 aromatic carbocycles. The van der Waals surface area contributed by atoms with Gasteiger partial charge in [0.05, 0.1) is 12.5 Å². The van der Waals surface area contributed by atoms with Gasteiger partial charge in [0.2, 0.25) is 0 Å². The highest BCUT2D eigenvalue weighted by Crippen LogP contribution is 2.22. The molecule has 1 aliphatic heterocycles. The Morgan fingerprint density at radius 3 is 2.71 bits per heavy atom. The second-order valence-corrected chi connectivity index (χ2v) is 5.63. The van der Waals surface area contributed by atoms with Crippen LogP contribution in [-0.4, -0.2) is 79.9 Å². The zero-order valence-corrected chi connectivity index (χ0v) is 13.2. The molecule has 1 saturated heterocycles. The fourth-order valence-electron chi connectivity index (χ4n) is 2.51. The molecule has 0 spiro atoms. The van der Waals surface area contributed by atoms with E-state index in [1.165, 1.54) is 0 Å². The van der Waals surface area contributed by atoms with Gasteiger partial charge in [-0.15, -0.1) is 0 Å². The second kappa shape index (κ2) is 8.84. The minimum absolute atomic E-state index is 0.0360. The minimum atomic E-state index is -0.762. The first-order chi connectivity index (χ1) is 9.95. The molecule has 1 heterocycles. The summed E-state index contributed by atoms with van der Waals surface area (Å²) in [5, 5.41) is 11.9. The van der Waals surface area contributed by atoms with Crippen molar-refractivity contribution in [3.05, 3.63) is 0 Å². The molecule has 0 aromatic rings. The maximum Gasteiger partial charge on any atom is 0.317 e. The number of likely N-dealkylation sites (N-methyl/N-ethyl adjacent to an activating group) is 1. The monoisotopic (exact) mass is 301 g/mol. The fraction of sp³-hybridized carbons (Fsp3) is 0.857. The number of nitrogens with zero attached hydrogens (tertiary/aromatic N) is 2. The van der Waals surface area contributed by atoms with Crippen LogP contribution in [-0.2, 0) is 9.53 Å². The molecule has 0 saturated carbocycles. The number of carboxylic acids is 1. The number of carbonyl (C=O) groups excluding carboxylic acids is 1. The summed E-state index contributed by atoms with van der Waals surface area (Å²) in [5.41, 5.74) is 0. The molecule has 2 amide bonds. The maximum absolute atomic E-state index is 12.1. The number of aliphatic carboxylic acids is 1. The first-order valence-electron chi connectivity index (χ1n) is 7.40. The summed E-state index contributed by atoms with van der Waals surface area (Å²) in [6.07, 6.45) is 1.05. The van der Waals surface area contributed by atoms with Crippen molar-refractivity contribution in [1.29, 1.82) is 0 Å². The number of piperidine rings is 1. The molecule has 1 fully saturated rings. The van der Waals surface area contributed by atoms with Gasteiger partial charge in [0, 0.05) is 39.3 Å². The summed E-state index contributed by atoms with van der Waals surface area (Å²) in [5.74, 6) is -1.09. The van der Waals surface area contributed by atoms with Crippen LogP contribution < -0.4 is 5.32 Å². The van der Waals surface area contributed by atoms with Crippen molar-refractivity contribution < 1.29 is 19.4 Å². The smallest absolute Gasteiger partial charge is 0.317 e. The molecule has 0 aromatic heterocycles. The van der Waals surface area contributed by atoms with E-state index in [4.69, 9.17) is 9.84 Å². The van der Waals surface area contributed by atoms with Gasteiger partial charge in [-0.25, -0.2) is 4.79 Å². The highest BCUT2D eigenvalue weighted by Gasteiger charge is 2.31. The quantitative estimate of drug-likeness (QED) is 0.714. The lowest BCUT2D eigenvalue weighted by atomic mass is 9.92. The van der Waals surface area contributed by atoms with E-state index in [1.807, 2.05) is 14.0 Å². The number of amides is 2. The molecule has 2 N–H and O–H groups in total. The summed E-state index contributed by atoms with van der Waals surface area (Å²) in [6.45, 7) is 5.24. The van der Waals surface area contributed by atoms with E-state index in [0.717, 1.165) is 13.1 Å². The van der Waals surface area contributed by atoms with Crippen molar-refractivity contribution in [1.82, 2.24) is 15.1 Å². The number of hydrogen-bond acceptors (Lipinski definition) is 4. The molecule has 1 rings (SSSR count). The Morgan fingerprint density at radius 2 is 2.14 bits per heavy atom. The van der Waals surface area contributed by atoms with Crippen LogP contribution in [0.1, 0.15) is 19.8 Å². The molecule has 0 bridgehead atoms. The molecular weight excluding hydrogens is 274 g/mol. The average molecular weight is 301 g/mol. The normalized spacial score (nSPS) is 22.4. The van der Waals surface area contributed by atoms with E-state index in [2.05, 4.69) is 10.2 Å². The molecule has 122 valence electrons. The summed E-state index contributed by atoms with van der Waals surface area (Å²) >= 11 is 0. The maximum atomic E-state index is 12.1. The third-order valence-electron chi connectivity index (χ3n) is 3.93. The number of methoxy groups -OCH3 is 1. The molecule has 7 heteroatoms. The highest BCUT2D eigenvalue weighted by molar-refractivity contribution is 5.75. The number of likely N-dealkylation sites (tertiary alicyclic amines) is 1. The molecule has 7 nitrogen and oxygen atoms in total. The molecule has 2 atom stereocenters. The van der Waals surface area contributed by atoms with Gasteiger partial charge >= 0.3 is 12.0 Å². The van der Waals surface area contributed by atoms with Crippen LogP contribution in [0, 0.1) is 5.92 Å². The molecule has 1 aliphatic rings. The van der Waals surface area contributed by atoms with E-state index in [-0.39, 0.29) is 18.0 Å². The average Bonchev–Trinajstić information content (AvgIpc) is 2.44. The van der Waals surface area contributed by atoms with Crippen molar-refractivity contribution in [2.75, 3.05) is 46.9 Å². The topological polar surface area (TPSA) is 82.1 Å². The van der Waals surface area contributed by atoms with Crippen LogP contribution in [0.4, 0.5) is 4.79 Å². The lowest BCUT2D eigenvalue weighted by molar-refractivity contribution is -0.143. The van der Waals surface area contributed by atoms with Gasteiger partial charge in [0.1, 0.15) is 0 Å². The van der Waals surface area contributed by atoms with Gasteiger partial charge in [-0.1, -0.05) is 0 Å². The van der Waals surface area contributed by atoms with Crippen LogP contribution in [0.3, 0.4) is 0 Å². The van der Waals surface area contributed by atoms with E-state index < -0.39 is 5.97 Å². The Hall–Kier alpha value is -1.34. The Kier molecular flexibility index (Phi) is 7.45. The van der Waals surface area contributed by atoms with Gasteiger partial charge in [-0.05, 0) is 26.8 Å². The second-order valence-electron chi connectivity index (χ2n) is 5.63. The summed E-state index contributed by atoms with van der Waals surface area (Å²) in [7, 11) is 3.64. The molecule has 0 aliphatic carbocycles. The Morgan fingerprint density at radius 1 is 1.43 bits per heavy atom. The number of hydrogen-bond donors (Lipinski definition) is 2. The summed E-state index contributed by atoms with van der Waals surface area (Å²) in [6, 6.07) is -0.141. The Balaban J connectivity index is 2.28. The van der Waals surface area contributed by atoms with E-state index in [1.54, 1.807) is 12.0 Å². The van der Waals surface area contributed by atoms with Crippen molar-refractivity contribution in [3.63, 3.8) is 0 Å². The van der Waals surface area contributed by atoms with Crippen LogP contribution >= 0.6 is 0 Å². The lowest BCUT2D eigenvalue weighted by Crippen LogP contribution is -2.51. The van der Waals surface area contributed by atoms with Crippen molar-refractivity contribution in [3.8, 4) is 0 Å². The van der Waals surface area contributed by atoms with Gasteiger partial charge in [0.15, 0.2) is 0 Å². The first-order valence-corrected chi connectivity index (χ1v) is 7.40. The minimum Gasteiger partial charge on any atom is -0.481 e. The summed E-state index contributed by atoms with van der Waals surface area (Å²) in [4.78, 5) is 26.9. The number of carboxylic acid groups (broad SMARTS) is 1. The zero-order valence-electron chi connectivity index (χ0n) is 13.2. The van der Waals surface area contributed by atoms with Gasteiger partial charge < -0.3 is 25.0 Å². The van der Waals surface area contributed by atoms with Crippen LogP contribution in [0.25, 0.3) is 0 Å². The van der Waals surface area contributed by atoms with Crippen LogP contribution in [0.15, 0.2) is 0 Å². The van der Waals surface area contributed by atoms with Gasteiger partial charge in [-0.3, -0.25) is 4.79 Å². The standard InChI is InChI=1S/C14H27N3O4/c1-11-10-12(13(18)19)4-6-17(11)14(20)15-5-7-16(2)8-9-21-3/h11-12H,4-10H2,1-3H3,(H,15,20)(H,18,19). The highest BCUT2D eigenvalue weighted by atomic mass is 16.5. The van der Waals surface area contributed by atoms with Gasteiger partial charge in [-0.2, -0.15) is 0 Å². The van der Waals surface area contributed by atoms with E-state index in [9.17, 15) is 9.59 Å². The predicted molar refractivity (Wildman–Crippen MR) is 79.3 cm³/mol. The van der Waals surface area contributed by atoms with E-state index >= 15 is 0 Å². The zero-order chi connectivity index (χ0) is 15.8. The number of urea groups is 1. The van der Waals surface area contributed by atoms with Crippen molar-refractivity contribution >= 4 is 12.0 Å². The Labute approximate surface area is 126 Å².